The van der Waals surface area contributed by atoms with Gasteiger partial charge in [-0.2, -0.15) is 0 Å². The third-order valence-electron chi connectivity index (χ3n) is 3.52. The Bertz CT molecular complexity index is 730. The standard InChI is InChI=1S/C15H15N3O2S/c16-14(17-20)12-5-3-7-18(15(12)19)9-11-8-10-4-1-2-6-13(10)21-11/h1-7,11,20H,8-9H2,(H2,16,17). The first-order chi connectivity index (χ1) is 10.2. The van der Waals surface area contributed by atoms with Crippen molar-refractivity contribution in [3.63, 3.8) is 0 Å². The van der Waals surface area contributed by atoms with Crippen molar-refractivity contribution in [1.82, 2.24) is 4.57 Å². The Kier molecular flexibility index (Phi) is 3.70. The van der Waals surface area contributed by atoms with Gasteiger partial charge in [-0.3, -0.25) is 4.79 Å². The Labute approximate surface area is 126 Å². The fourth-order valence-corrected chi connectivity index (χ4v) is 3.82. The third kappa shape index (κ3) is 2.67. The molecule has 0 spiro atoms. The van der Waals surface area contributed by atoms with Crippen molar-refractivity contribution in [2.24, 2.45) is 10.9 Å². The summed E-state index contributed by atoms with van der Waals surface area (Å²) < 4.78 is 1.62. The molecule has 1 aromatic heterocycles. The van der Waals surface area contributed by atoms with Crippen molar-refractivity contribution in [2.75, 3.05) is 0 Å². The normalized spacial score (nSPS) is 17.7. The summed E-state index contributed by atoms with van der Waals surface area (Å²) in [5.41, 5.74) is 6.84. The molecule has 3 N–H and O–H groups in total. The second kappa shape index (κ2) is 5.65. The minimum Gasteiger partial charge on any atom is -0.409 e. The van der Waals surface area contributed by atoms with Gasteiger partial charge in [0.2, 0.25) is 0 Å². The quantitative estimate of drug-likeness (QED) is 0.391. The highest BCUT2D eigenvalue weighted by molar-refractivity contribution is 8.00. The maximum absolute atomic E-state index is 12.3. The maximum atomic E-state index is 12.3. The van der Waals surface area contributed by atoms with Gasteiger partial charge in [0, 0.05) is 22.9 Å². The van der Waals surface area contributed by atoms with E-state index in [1.165, 1.54) is 10.5 Å². The van der Waals surface area contributed by atoms with Crippen LogP contribution in [0.4, 0.5) is 0 Å². The van der Waals surface area contributed by atoms with Crippen molar-refractivity contribution >= 4 is 17.6 Å². The molecule has 1 aliphatic heterocycles. The van der Waals surface area contributed by atoms with Gasteiger partial charge in [0.25, 0.3) is 5.56 Å². The van der Waals surface area contributed by atoms with Crippen molar-refractivity contribution < 1.29 is 5.21 Å². The van der Waals surface area contributed by atoms with Gasteiger partial charge in [-0.15, -0.1) is 11.8 Å². The molecular formula is C15H15N3O2S. The second-order valence-corrected chi connectivity index (χ2v) is 6.26. The summed E-state index contributed by atoms with van der Waals surface area (Å²) in [4.78, 5) is 13.6. The van der Waals surface area contributed by atoms with E-state index in [4.69, 9.17) is 10.9 Å². The first-order valence-corrected chi connectivity index (χ1v) is 7.49. The van der Waals surface area contributed by atoms with Crippen LogP contribution in [0.5, 0.6) is 0 Å². The summed E-state index contributed by atoms with van der Waals surface area (Å²) >= 11 is 1.79. The monoisotopic (exact) mass is 301 g/mol. The van der Waals surface area contributed by atoms with Gasteiger partial charge in [0.05, 0.1) is 5.56 Å². The molecule has 2 heterocycles. The number of hydrogen-bond donors (Lipinski definition) is 2. The zero-order valence-corrected chi connectivity index (χ0v) is 12.1. The maximum Gasteiger partial charge on any atom is 0.261 e. The first-order valence-electron chi connectivity index (χ1n) is 6.61. The number of nitrogens with two attached hydrogens (primary N) is 1. The highest BCUT2D eigenvalue weighted by atomic mass is 32.2. The van der Waals surface area contributed by atoms with Gasteiger partial charge in [-0.25, -0.2) is 0 Å². The molecule has 5 nitrogen and oxygen atoms in total. The van der Waals surface area contributed by atoms with Crippen molar-refractivity contribution in [2.45, 2.75) is 23.1 Å². The highest BCUT2D eigenvalue weighted by Crippen LogP contribution is 2.37. The van der Waals surface area contributed by atoms with Gasteiger partial charge in [0.1, 0.15) is 0 Å². The summed E-state index contributed by atoms with van der Waals surface area (Å²) in [6.45, 7) is 0.602. The van der Waals surface area contributed by atoms with Crippen LogP contribution in [0.15, 0.2) is 57.4 Å². The highest BCUT2D eigenvalue weighted by Gasteiger charge is 2.22. The Morgan fingerprint density at radius 2 is 2.19 bits per heavy atom. The fourth-order valence-electron chi connectivity index (χ4n) is 2.50. The van der Waals surface area contributed by atoms with E-state index >= 15 is 0 Å². The number of amidine groups is 1. The number of oxime groups is 1. The molecule has 3 rings (SSSR count). The van der Waals surface area contributed by atoms with Crippen LogP contribution in [0.1, 0.15) is 11.1 Å². The zero-order chi connectivity index (χ0) is 14.8. The van der Waals surface area contributed by atoms with Gasteiger partial charge >= 0.3 is 0 Å². The van der Waals surface area contributed by atoms with Crippen LogP contribution in [0.25, 0.3) is 0 Å². The summed E-state index contributed by atoms with van der Waals surface area (Å²) in [5.74, 6) is -0.156. The predicted octanol–water partition coefficient (Wildman–Crippen LogP) is 1.66. The lowest BCUT2D eigenvalue weighted by Crippen LogP contribution is -2.31. The lowest BCUT2D eigenvalue weighted by Gasteiger charge is -2.12. The minimum absolute atomic E-state index is 0.156. The third-order valence-corrected chi connectivity index (χ3v) is 4.82. The van der Waals surface area contributed by atoms with E-state index in [1.54, 1.807) is 34.7 Å². The molecule has 1 aliphatic rings. The van der Waals surface area contributed by atoms with Crippen molar-refractivity contribution in [3.8, 4) is 0 Å². The average Bonchev–Trinajstić information content (AvgIpc) is 2.91. The van der Waals surface area contributed by atoms with Crippen LogP contribution >= 0.6 is 11.8 Å². The van der Waals surface area contributed by atoms with Crippen LogP contribution in [0.3, 0.4) is 0 Å². The van der Waals surface area contributed by atoms with E-state index in [0.29, 0.717) is 11.8 Å². The van der Waals surface area contributed by atoms with Crippen LogP contribution in [0, 0.1) is 0 Å². The van der Waals surface area contributed by atoms with Gasteiger partial charge in [0.15, 0.2) is 5.84 Å². The van der Waals surface area contributed by atoms with E-state index in [1.807, 2.05) is 12.1 Å². The number of rotatable bonds is 3. The molecule has 2 aromatic rings. The fraction of sp³-hybridized carbons (Fsp3) is 0.200. The van der Waals surface area contributed by atoms with Crippen LogP contribution in [0.2, 0.25) is 0 Å². The number of pyridine rings is 1. The topological polar surface area (TPSA) is 80.6 Å². The Morgan fingerprint density at radius 3 is 2.95 bits per heavy atom. The number of thioether (sulfide) groups is 1. The van der Waals surface area contributed by atoms with Crippen LogP contribution in [-0.2, 0) is 13.0 Å². The smallest absolute Gasteiger partial charge is 0.261 e. The minimum atomic E-state index is -0.232. The molecule has 0 aliphatic carbocycles. The Morgan fingerprint density at radius 1 is 1.38 bits per heavy atom. The Hall–Kier alpha value is -2.21. The summed E-state index contributed by atoms with van der Waals surface area (Å²) in [7, 11) is 0. The predicted molar refractivity (Wildman–Crippen MR) is 83.0 cm³/mol. The number of hydrogen-bond acceptors (Lipinski definition) is 4. The van der Waals surface area contributed by atoms with E-state index < -0.39 is 0 Å². The number of aromatic nitrogens is 1. The van der Waals surface area contributed by atoms with E-state index in [0.717, 1.165) is 6.42 Å². The molecule has 108 valence electrons. The molecule has 0 saturated carbocycles. The molecular weight excluding hydrogens is 286 g/mol. The molecule has 1 unspecified atom stereocenters. The summed E-state index contributed by atoms with van der Waals surface area (Å²) in [5, 5.41) is 11.9. The van der Waals surface area contributed by atoms with E-state index in [-0.39, 0.29) is 17.0 Å². The molecule has 0 amide bonds. The SMILES string of the molecule is N/C(=N/O)c1cccn(CC2Cc3ccccc3S2)c1=O. The lowest BCUT2D eigenvalue weighted by molar-refractivity contribution is 0.318. The van der Waals surface area contributed by atoms with Gasteiger partial charge < -0.3 is 15.5 Å². The molecule has 0 bridgehead atoms. The molecule has 0 fully saturated rings. The van der Waals surface area contributed by atoms with Crippen LogP contribution < -0.4 is 11.3 Å². The summed E-state index contributed by atoms with van der Waals surface area (Å²) in [6.07, 6.45) is 2.68. The number of benzene rings is 1. The van der Waals surface area contributed by atoms with E-state index in [9.17, 15) is 4.79 Å². The van der Waals surface area contributed by atoms with Gasteiger partial charge in [-0.1, -0.05) is 23.4 Å². The van der Waals surface area contributed by atoms with Crippen LogP contribution in [-0.4, -0.2) is 20.9 Å². The number of nitrogens with zero attached hydrogens (tertiary/aromatic N) is 2. The van der Waals surface area contributed by atoms with Crippen molar-refractivity contribution in [1.29, 1.82) is 0 Å². The molecule has 0 saturated heterocycles. The summed E-state index contributed by atoms with van der Waals surface area (Å²) in [6, 6.07) is 11.6. The molecule has 0 radical (unpaired) electrons. The molecule has 1 atom stereocenters. The van der Waals surface area contributed by atoms with Crippen molar-refractivity contribution in [3.05, 3.63) is 64.1 Å². The van der Waals surface area contributed by atoms with E-state index in [2.05, 4.69) is 17.3 Å². The largest absolute Gasteiger partial charge is 0.409 e. The first kappa shape index (κ1) is 13.8. The second-order valence-electron chi connectivity index (χ2n) is 4.92. The molecule has 6 heteroatoms. The average molecular weight is 301 g/mol. The zero-order valence-electron chi connectivity index (χ0n) is 11.3. The Balaban J connectivity index is 1.83. The van der Waals surface area contributed by atoms with Gasteiger partial charge in [-0.05, 0) is 30.2 Å². The molecule has 1 aromatic carbocycles. The number of fused-ring (bicyclic) bond motifs is 1. The lowest BCUT2D eigenvalue weighted by atomic mass is 10.1. The molecule has 21 heavy (non-hydrogen) atoms.